The van der Waals surface area contributed by atoms with Gasteiger partial charge in [-0.15, -0.1) is 0 Å². The van der Waals surface area contributed by atoms with Crippen molar-refractivity contribution in [2.45, 2.75) is 18.6 Å². The van der Waals surface area contributed by atoms with E-state index in [9.17, 15) is 0 Å². The molecule has 4 heteroatoms. The highest BCUT2D eigenvalue weighted by molar-refractivity contribution is 8.14. The van der Waals surface area contributed by atoms with E-state index in [-0.39, 0.29) is 0 Å². The molecule has 1 atom stereocenters. The Hall–Kier alpha value is -1.00. The first-order valence-electron chi connectivity index (χ1n) is 6.48. The number of ether oxygens (including phenoxy) is 1. The van der Waals surface area contributed by atoms with Gasteiger partial charge in [0.25, 0.3) is 0 Å². The topological polar surface area (TPSA) is 33.6 Å². The maximum Gasteiger partial charge on any atom is 0.157 e. The average molecular weight is 264 g/mol. The van der Waals surface area contributed by atoms with Crippen LogP contribution < -0.4 is 5.32 Å². The van der Waals surface area contributed by atoms with E-state index in [4.69, 9.17) is 4.74 Å². The van der Waals surface area contributed by atoms with Gasteiger partial charge in [-0.25, -0.2) is 0 Å². The van der Waals surface area contributed by atoms with Crippen molar-refractivity contribution in [3.05, 3.63) is 35.9 Å². The first-order chi connectivity index (χ1) is 8.90. The van der Waals surface area contributed by atoms with Crippen molar-refractivity contribution >= 4 is 16.9 Å². The summed E-state index contributed by atoms with van der Waals surface area (Å²) in [6.07, 6.45) is 1.03. The third kappa shape index (κ3) is 4.03. The second-order valence-electron chi connectivity index (χ2n) is 4.14. The summed E-state index contributed by atoms with van der Waals surface area (Å²) in [6, 6.07) is 10.6. The maximum atomic E-state index is 5.30. The lowest BCUT2D eigenvalue weighted by Crippen LogP contribution is -2.21. The first-order valence-corrected chi connectivity index (χ1v) is 7.35. The van der Waals surface area contributed by atoms with E-state index in [0.29, 0.717) is 5.25 Å². The van der Waals surface area contributed by atoms with E-state index in [1.807, 2.05) is 18.7 Å². The molecule has 1 aromatic carbocycles. The highest BCUT2D eigenvalue weighted by atomic mass is 32.2. The Labute approximate surface area is 113 Å². The first kappa shape index (κ1) is 13.4. The van der Waals surface area contributed by atoms with Gasteiger partial charge >= 0.3 is 0 Å². The standard InChI is InChI=1S/C14H20N2OS/c1-2-17-10-6-9-15-14-16-11-13(18-14)12-7-4-3-5-8-12/h3-5,7-8,13H,2,6,9-11H2,1H3,(H,15,16). The van der Waals surface area contributed by atoms with Gasteiger partial charge in [-0.1, -0.05) is 42.1 Å². The molecule has 98 valence electrons. The summed E-state index contributed by atoms with van der Waals surface area (Å²) in [6.45, 7) is 5.46. The molecule has 0 amide bonds. The van der Waals surface area contributed by atoms with Gasteiger partial charge in [-0.3, -0.25) is 4.99 Å². The molecule has 0 aromatic heterocycles. The molecule has 3 nitrogen and oxygen atoms in total. The molecule has 0 saturated heterocycles. The van der Waals surface area contributed by atoms with Crippen LogP contribution in [-0.2, 0) is 4.74 Å². The number of rotatable bonds is 6. The number of nitrogens with zero attached hydrogens (tertiary/aromatic N) is 1. The molecule has 1 aliphatic rings. The monoisotopic (exact) mass is 264 g/mol. The van der Waals surface area contributed by atoms with Crippen LogP contribution in [0.2, 0.25) is 0 Å². The predicted octanol–water partition coefficient (Wildman–Crippen LogP) is 2.85. The Morgan fingerprint density at radius 1 is 1.39 bits per heavy atom. The lowest BCUT2D eigenvalue weighted by atomic mass is 10.1. The highest BCUT2D eigenvalue weighted by Crippen LogP contribution is 2.33. The smallest absolute Gasteiger partial charge is 0.157 e. The molecule has 1 heterocycles. The fourth-order valence-corrected chi connectivity index (χ4v) is 2.87. The fourth-order valence-electron chi connectivity index (χ4n) is 1.83. The quantitative estimate of drug-likeness (QED) is 0.802. The van der Waals surface area contributed by atoms with Crippen molar-refractivity contribution in [3.8, 4) is 0 Å². The van der Waals surface area contributed by atoms with Crippen molar-refractivity contribution < 1.29 is 4.74 Å². The van der Waals surface area contributed by atoms with Crippen LogP contribution in [0.15, 0.2) is 35.3 Å². The minimum absolute atomic E-state index is 0.473. The molecule has 2 rings (SSSR count). The summed E-state index contributed by atoms with van der Waals surface area (Å²) in [4.78, 5) is 4.54. The normalized spacial score (nSPS) is 18.7. The molecule has 0 fully saturated rings. The van der Waals surface area contributed by atoms with Gasteiger partial charge in [0.15, 0.2) is 5.17 Å². The Morgan fingerprint density at radius 2 is 2.22 bits per heavy atom. The lowest BCUT2D eigenvalue weighted by molar-refractivity contribution is 0.146. The van der Waals surface area contributed by atoms with Gasteiger partial charge < -0.3 is 10.1 Å². The number of amidine groups is 1. The number of hydrogen-bond donors (Lipinski definition) is 1. The van der Waals surface area contributed by atoms with Gasteiger partial charge in [-0.05, 0) is 18.9 Å². The van der Waals surface area contributed by atoms with E-state index in [2.05, 4.69) is 40.6 Å². The Bertz CT molecular complexity index is 381. The second kappa shape index (κ2) is 7.44. The number of aliphatic imine (C=N–C) groups is 1. The molecule has 0 bridgehead atoms. The average Bonchev–Trinajstić information content (AvgIpc) is 2.88. The zero-order valence-corrected chi connectivity index (χ0v) is 11.6. The van der Waals surface area contributed by atoms with Gasteiger partial charge in [0.2, 0.25) is 0 Å². The van der Waals surface area contributed by atoms with Crippen LogP contribution in [0.25, 0.3) is 0 Å². The van der Waals surface area contributed by atoms with Crippen molar-refractivity contribution in [2.24, 2.45) is 4.99 Å². The second-order valence-corrected chi connectivity index (χ2v) is 5.33. The molecule has 0 aliphatic carbocycles. The number of benzene rings is 1. The highest BCUT2D eigenvalue weighted by Gasteiger charge is 2.20. The van der Waals surface area contributed by atoms with Gasteiger partial charge in [-0.2, -0.15) is 0 Å². The fraction of sp³-hybridized carbons (Fsp3) is 0.500. The summed E-state index contributed by atoms with van der Waals surface area (Å²) in [5, 5.41) is 4.92. The molecular weight excluding hydrogens is 244 g/mol. The van der Waals surface area contributed by atoms with E-state index in [1.54, 1.807) is 0 Å². The van der Waals surface area contributed by atoms with Crippen molar-refractivity contribution in [3.63, 3.8) is 0 Å². The van der Waals surface area contributed by atoms with Gasteiger partial charge in [0, 0.05) is 19.8 Å². The Balaban J connectivity index is 1.68. The zero-order valence-electron chi connectivity index (χ0n) is 10.8. The minimum atomic E-state index is 0.473. The van der Waals surface area contributed by atoms with Gasteiger partial charge in [0.1, 0.15) is 0 Å². The summed E-state index contributed by atoms with van der Waals surface area (Å²) < 4.78 is 5.30. The van der Waals surface area contributed by atoms with Crippen LogP contribution in [0, 0.1) is 0 Å². The zero-order chi connectivity index (χ0) is 12.6. The number of thioether (sulfide) groups is 1. The molecule has 18 heavy (non-hydrogen) atoms. The molecule has 1 aromatic rings. The largest absolute Gasteiger partial charge is 0.382 e. The van der Waals surface area contributed by atoms with E-state index in [0.717, 1.165) is 37.9 Å². The van der Waals surface area contributed by atoms with Gasteiger partial charge in [0.05, 0.1) is 11.8 Å². The van der Waals surface area contributed by atoms with Crippen molar-refractivity contribution in [1.82, 2.24) is 5.32 Å². The summed E-state index contributed by atoms with van der Waals surface area (Å²) in [7, 11) is 0. The molecule has 0 spiro atoms. The van der Waals surface area contributed by atoms with Crippen LogP contribution in [0.4, 0.5) is 0 Å². The minimum Gasteiger partial charge on any atom is -0.382 e. The van der Waals surface area contributed by atoms with Crippen LogP contribution in [-0.4, -0.2) is 31.5 Å². The SMILES string of the molecule is CCOCCCNC1=NCC(c2ccccc2)S1. The molecule has 1 aliphatic heterocycles. The van der Waals surface area contributed by atoms with E-state index < -0.39 is 0 Å². The number of hydrogen-bond acceptors (Lipinski definition) is 4. The van der Waals surface area contributed by atoms with Crippen molar-refractivity contribution in [2.75, 3.05) is 26.3 Å². The Morgan fingerprint density at radius 3 is 3.00 bits per heavy atom. The molecule has 1 N–H and O–H groups in total. The Kier molecular flexibility index (Phi) is 5.55. The third-order valence-electron chi connectivity index (χ3n) is 2.77. The summed E-state index contributed by atoms with van der Waals surface area (Å²) in [5.74, 6) is 0. The van der Waals surface area contributed by atoms with Crippen LogP contribution in [0.5, 0.6) is 0 Å². The molecule has 0 saturated carbocycles. The summed E-state index contributed by atoms with van der Waals surface area (Å²) >= 11 is 1.83. The molecular formula is C14H20N2OS. The lowest BCUT2D eigenvalue weighted by Gasteiger charge is -2.09. The molecule has 1 unspecified atom stereocenters. The van der Waals surface area contributed by atoms with E-state index >= 15 is 0 Å². The maximum absolute atomic E-state index is 5.30. The van der Waals surface area contributed by atoms with Crippen molar-refractivity contribution in [1.29, 1.82) is 0 Å². The molecule has 0 radical (unpaired) electrons. The van der Waals surface area contributed by atoms with Crippen LogP contribution >= 0.6 is 11.8 Å². The van der Waals surface area contributed by atoms with E-state index in [1.165, 1.54) is 5.56 Å². The predicted molar refractivity (Wildman–Crippen MR) is 78.2 cm³/mol. The van der Waals surface area contributed by atoms with Crippen LogP contribution in [0.3, 0.4) is 0 Å². The van der Waals surface area contributed by atoms with Crippen LogP contribution in [0.1, 0.15) is 24.2 Å². The number of nitrogens with one attached hydrogen (secondary N) is 1. The summed E-state index contributed by atoms with van der Waals surface area (Å²) in [5.41, 5.74) is 1.36. The third-order valence-corrected chi connectivity index (χ3v) is 3.97.